The lowest BCUT2D eigenvalue weighted by atomic mass is 10.2. The fourth-order valence-electron chi connectivity index (χ4n) is 1.58. The largest absolute Gasteiger partial charge is 0.391 e. The number of halogens is 3. The van der Waals surface area contributed by atoms with E-state index in [1.54, 1.807) is 11.3 Å². The first kappa shape index (κ1) is 16.5. The van der Waals surface area contributed by atoms with Crippen molar-refractivity contribution in [2.24, 2.45) is 0 Å². The summed E-state index contributed by atoms with van der Waals surface area (Å²) in [5.74, 6) is 0. The molecule has 0 atom stereocenters. The van der Waals surface area contributed by atoms with Gasteiger partial charge in [-0.15, -0.1) is 11.3 Å². The number of ether oxygens (including phenoxy) is 1. The molecule has 0 fully saturated rings. The van der Waals surface area contributed by atoms with Crippen molar-refractivity contribution in [2.45, 2.75) is 46.0 Å². The number of hydrogen-bond donors (Lipinski definition) is 1. The van der Waals surface area contributed by atoms with Crippen molar-refractivity contribution in [1.82, 2.24) is 5.32 Å². The van der Waals surface area contributed by atoms with Gasteiger partial charge in [-0.1, -0.05) is 6.92 Å². The average molecular weight is 295 g/mol. The molecule has 0 bridgehead atoms. The molecule has 1 aromatic rings. The molecule has 19 heavy (non-hydrogen) atoms. The second kappa shape index (κ2) is 7.87. The van der Waals surface area contributed by atoms with Gasteiger partial charge in [0.15, 0.2) is 0 Å². The molecule has 1 rings (SSSR count). The Bertz CT molecular complexity index is 376. The second-order valence-electron chi connectivity index (χ2n) is 4.39. The number of aryl methyl sites for hydroxylation is 1. The van der Waals surface area contributed by atoms with Crippen molar-refractivity contribution in [3.8, 4) is 0 Å². The van der Waals surface area contributed by atoms with Gasteiger partial charge in [0.2, 0.25) is 0 Å². The molecule has 0 saturated heterocycles. The minimum Gasteiger partial charge on any atom is -0.376 e. The molecule has 0 radical (unpaired) electrons. The SMILES string of the molecule is CCCNCc1cc(COCCC(F)(F)F)c(C)s1. The van der Waals surface area contributed by atoms with E-state index in [2.05, 4.69) is 12.2 Å². The van der Waals surface area contributed by atoms with E-state index < -0.39 is 12.6 Å². The topological polar surface area (TPSA) is 21.3 Å². The minimum atomic E-state index is -4.14. The Kier molecular flexibility index (Phi) is 6.82. The number of hydrogen-bond acceptors (Lipinski definition) is 3. The van der Waals surface area contributed by atoms with Gasteiger partial charge in [0, 0.05) is 16.3 Å². The van der Waals surface area contributed by atoms with Crippen molar-refractivity contribution in [3.05, 3.63) is 21.4 Å². The fraction of sp³-hybridized carbons (Fsp3) is 0.692. The van der Waals surface area contributed by atoms with Gasteiger partial charge in [-0.05, 0) is 31.5 Å². The van der Waals surface area contributed by atoms with E-state index in [1.165, 1.54) is 4.88 Å². The lowest BCUT2D eigenvalue weighted by molar-refractivity contribution is -0.146. The molecule has 2 nitrogen and oxygen atoms in total. The van der Waals surface area contributed by atoms with Gasteiger partial charge in [-0.25, -0.2) is 0 Å². The van der Waals surface area contributed by atoms with E-state index in [4.69, 9.17) is 4.74 Å². The summed E-state index contributed by atoms with van der Waals surface area (Å²) in [5, 5.41) is 3.30. The molecule has 1 N–H and O–H groups in total. The van der Waals surface area contributed by atoms with Gasteiger partial charge in [-0.3, -0.25) is 0 Å². The molecule has 0 amide bonds. The Balaban J connectivity index is 2.33. The lowest BCUT2D eigenvalue weighted by Crippen LogP contribution is -2.12. The van der Waals surface area contributed by atoms with Crippen LogP contribution in [0.1, 0.15) is 35.1 Å². The van der Waals surface area contributed by atoms with Crippen molar-refractivity contribution >= 4 is 11.3 Å². The molecule has 6 heteroatoms. The summed E-state index contributed by atoms with van der Waals surface area (Å²) in [7, 11) is 0. The molecule has 0 saturated carbocycles. The van der Waals surface area contributed by atoms with E-state index in [9.17, 15) is 13.2 Å². The molecule has 0 aliphatic rings. The standard InChI is InChI=1S/C13H20F3NOS/c1-3-5-17-8-12-7-11(10(2)19-12)9-18-6-4-13(14,15)16/h7,17H,3-6,8-9H2,1-2H3. The molecule has 1 heterocycles. The van der Waals surface area contributed by atoms with Crippen LogP contribution >= 0.6 is 11.3 Å². The third-order valence-corrected chi connectivity index (χ3v) is 3.68. The number of alkyl halides is 3. The molecule has 0 aromatic carbocycles. The quantitative estimate of drug-likeness (QED) is 0.731. The van der Waals surface area contributed by atoms with Crippen LogP contribution < -0.4 is 5.32 Å². The first-order chi connectivity index (χ1) is 8.92. The van der Waals surface area contributed by atoms with Crippen molar-refractivity contribution < 1.29 is 17.9 Å². The van der Waals surface area contributed by atoms with Gasteiger partial charge >= 0.3 is 6.18 Å². The Morgan fingerprint density at radius 2 is 2.11 bits per heavy atom. The molecule has 0 unspecified atom stereocenters. The fourth-order valence-corrected chi connectivity index (χ4v) is 2.59. The smallest absolute Gasteiger partial charge is 0.376 e. The summed E-state index contributed by atoms with van der Waals surface area (Å²) in [4.78, 5) is 2.31. The average Bonchev–Trinajstić information content (AvgIpc) is 2.65. The highest BCUT2D eigenvalue weighted by molar-refractivity contribution is 7.12. The minimum absolute atomic E-state index is 0.256. The zero-order valence-corrected chi connectivity index (χ0v) is 12.1. The van der Waals surface area contributed by atoms with E-state index in [0.717, 1.165) is 30.0 Å². The first-order valence-electron chi connectivity index (χ1n) is 6.35. The Hall–Kier alpha value is -0.590. The molecule has 0 aliphatic heterocycles. The predicted molar refractivity (Wildman–Crippen MR) is 71.4 cm³/mol. The summed E-state index contributed by atoms with van der Waals surface area (Å²) in [6, 6.07) is 2.01. The van der Waals surface area contributed by atoms with Gasteiger partial charge < -0.3 is 10.1 Å². The highest BCUT2D eigenvalue weighted by Gasteiger charge is 2.26. The molecular weight excluding hydrogens is 275 g/mol. The van der Waals surface area contributed by atoms with E-state index in [-0.39, 0.29) is 13.2 Å². The highest BCUT2D eigenvalue weighted by Crippen LogP contribution is 2.23. The van der Waals surface area contributed by atoms with Crippen LogP contribution in [0.5, 0.6) is 0 Å². The van der Waals surface area contributed by atoms with Crippen LogP contribution in [0.4, 0.5) is 13.2 Å². The molecular formula is C13H20F3NOS. The van der Waals surface area contributed by atoms with E-state index in [1.807, 2.05) is 13.0 Å². The van der Waals surface area contributed by atoms with Crippen LogP contribution in [-0.2, 0) is 17.9 Å². The predicted octanol–water partition coefficient (Wildman–Crippen LogP) is 4.03. The molecule has 0 spiro atoms. The van der Waals surface area contributed by atoms with Crippen LogP contribution in [0.2, 0.25) is 0 Å². The zero-order chi connectivity index (χ0) is 14.3. The third-order valence-electron chi connectivity index (χ3n) is 2.59. The van der Waals surface area contributed by atoms with Crippen molar-refractivity contribution in [3.63, 3.8) is 0 Å². The summed E-state index contributed by atoms with van der Waals surface area (Å²) in [6.07, 6.45) is -3.95. The normalized spacial score (nSPS) is 12.1. The maximum atomic E-state index is 12.0. The Labute approximate surface area is 116 Å². The monoisotopic (exact) mass is 295 g/mol. The second-order valence-corrected chi connectivity index (χ2v) is 5.73. The van der Waals surface area contributed by atoms with Crippen LogP contribution in [-0.4, -0.2) is 19.3 Å². The van der Waals surface area contributed by atoms with E-state index >= 15 is 0 Å². The van der Waals surface area contributed by atoms with Gasteiger partial charge in [0.25, 0.3) is 0 Å². The van der Waals surface area contributed by atoms with Gasteiger partial charge in [0.1, 0.15) is 0 Å². The number of thiophene rings is 1. The maximum Gasteiger partial charge on any atom is 0.391 e. The van der Waals surface area contributed by atoms with Crippen LogP contribution in [0, 0.1) is 6.92 Å². The summed E-state index contributed by atoms with van der Waals surface area (Å²) in [5.41, 5.74) is 0.987. The maximum absolute atomic E-state index is 12.0. The first-order valence-corrected chi connectivity index (χ1v) is 7.17. The number of rotatable bonds is 8. The highest BCUT2D eigenvalue weighted by atomic mass is 32.1. The number of nitrogens with one attached hydrogen (secondary N) is 1. The summed E-state index contributed by atoms with van der Waals surface area (Å²) >= 11 is 1.66. The molecule has 110 valence electrons. The zero-order valence-electron chi connectivity index (χ0n) is 11.3. The van der Waals surface area contributed by atoms with Gasteiger partial charge in [0.05, 0.1) is 19.6 Å². The van der Waals surface area contributed by atoms with Gasteiger partial charge in [-0.2, -0.15) is 13.2 Å². The van der Waals surface area contributed by atoms with Crippen LogP contribution in [0.25, 0.3) is 0 Å². The van der Waals surface area contributed by atoms with Crippen LogP contribution in [0.3, 0.4) is 0 Å². The van der Waals surface area contributed by atoms with E-state index in [0.29, 0.717) is 0 Å². The Morgan fingerprint density at radius 1 is 1.37 bits per heavy atom. The third kappa shape index (κ3) is 6.94. The summed E-state index contributed by atoms with van der Waals surface area (Å²) < 4.78 is 40.9. The van der Waals surface area contributed by atoms with Crippen molar-refractivity contribution in [2.75, 3.05) is 13.2 Å². The Morgan fingerprint density at radius 3 is 2.74 bits per heavy atom. The lowest BCUT2D eigenvalue weighted by Gasteiger charge is -2.06. The molecule has 0 aliphatic carbocycles. The summed E-state index contributed by atoms with van der Waals surface area (Å²) in [6.45, 7) is 5.83. The molecule has 1 aromatic heterocycles. The van der Waals surface area contributed by atoms with Crippen molar-refractivity contribution in [1.29, 1.82) is 0 Å². The van der Waals surface area contributed by atoms with Crippen LogP contribution in [0.15, 0.2) is 6.07 Å².